The highest BCUT2D eigenvalue weighted by atomic mass is 32.1. The van der Waals surface area contributed by atoms with Gasteiger partial charge in [-0.25, -0.2) is 4.39 Å². The number of nitrogens with two attached hydrogens (primary N) is 2. The van der Waals surface area contributed by atoms with Crippen molar-refractivity contribution in [3.8, 4) is 12.1 Å². The van der Waals surface area contributed by atoms with Crippen LogP contribution in [0.5, 0.6) is 6.01 Å². The van der Waals surface area contributed by atoms with Gasteiger partial charge in [0.25, 0.3) is 0 Å². The number of carbonyl (C=O) groups is 1. The minimum Gasteiger partial charge on any atom is -0.461 e. The third-order valence-corrected chi connectivity index (χ3v) is 10.7. The smallest absolute Gasteiger partial charge is 0.323 e. The number of thiophene rings is 1. The number of fused-ring (bicyclic) bond motifs is 3. The first kappa shape index (κ1) is 25.7. The van der Waals surface area contributed by atoms with Crippen molar-refractivity contribution in [2.45, 2.75) is 74.5 Å². The lowest BCUT2D eigenvalue weighted by Crippen LogP contribution is -2.59. The molecule has 4 fully saturated rings. The Kier molecular flexibility index (Phi) is 6.05. The number of hydrogen-bond acceptors (Lipinski definition) is 11. The summed E-state index contributed by atoms with van der Waals surface area (Å²) in [7, 11) is 0. The minimum atomic E-state index is -0.851. The number of rotatable bonds is 6. The predicted octanol–water partition coefficient (Wildman–Crippen LogP) is 1.89. The van der Waals surface area contributed by atoms with Crippen LogP contribution in [0, 0.1) is 11.3 Å². The highest BCUT2D eigenvalue weighted by Crippen LogP contribution is 2.52. The number of nitrogens with zero attached hydrogens (tertiary/aromatic N) is 7. The Morgan fingerprint density at radius 2 is 2.00 bits per heavy atom. The summed E-state index contributed by atoms with van der Waals surface area (Å²) >= 11 is 1.52. The molecule has 1 unspecified atom stereocenters. The summed E-state index contributed by atoms with van der Waals surface area (Å²) in [5, 5.41) is 10.4. The van der Waals surface area contributed by atoms with E-state index in [4.69, 9.17) is 26.2 Å². The Hall–Kier alpha value is -3.24. The number of primary amides is 1. The molecule has 2 aromatic heterocycles. The zero-order chi connectivity index (χ0) is 27.6. The largest absolute Gasteiger partial charge is 0.461 e. The van der Waals surface area contributed by atoms with Crippen LogP contribution in [0.3, 0.4) is 0 Å². The van der Waals surface area contributed by atoms with Gasteiger partial charge in [-0.05, 0) is 57.1 Å². The van der Waals surface area contributed by atoms with E-state index in [-0.39, 0.29) is 17.0 Å². The fourth-order valence-corrected chi connectivity index (χ4v) is 8.89. The maximum absolute atomic E-state index is 14.3. The van der Waals surface area contributed by atoms with Crippen molar-refractivity contribution in [2.75, 3.05) is 54.9 Å². The van der Waals surface area contributed by atoms with Crippen molar-refractivity contribution in [2.24, 2.45) is 5.73 Å². The molecule has 5 aliphatic rings. The molecule has 13 heteroatoms. The Morgan fingerprint density at radius 1 is 1.18 bits per heavy atom. The lowest BCUT2D eigenvalue weighted by atomic mass is 9.74. The van der Waals surface area contributed by atoms with Gasteiger partial charge in [0.2, 0.25) is 17.8 Å². The summed E-state index contributed by atoms with van der Waals surface area (Å²) in [6.07, 6.45) is 5.85. The molecule has 4 aliphatic heterocycles. The van der Waals surface area contributed by atoms with Crippen LogP contribution in [0.2, 0.25) is 0 Å². The summed E-state index contributed by atoms with van der Waals surface area (Å²) in [6.45, 7) is 3.57. The number of nitriles is 1. The van der Waals surface area contributed by atoms with E-state index >= 15 is 0 Å². The van der Waals surface area contributed by atoms with Gasteiger partial charge in [-0.2, -0.15) is 20.2 Å². The monoisotopic (exact) mass is 567 g/mol. The molecular weight excluding hydrogens is 533 g/mol. The quantitative estimate of drug-likeness (QED) is 0.530. The van der Waals surface area contributed by atoms with Gasteiger partial charge in [0, 0.05) is 42.9 Å². The number of amides is 1. The third kappa shape index (κ3) is 3.98. The van der Waals surface area contributed by atoms with Crippen LogP contribution in [0.1, 0.15) is 60.9 Å². The van der Waals surface area contributed by atoms with Crippen LogP contribution < -0.4 is 26.0 Å². The molecule has 6 heterocycles. The number of alkyl halides is 1. The van der Waals surface area contributed by atoms with Gasteiger partial charge >= 0.3 is 6.01 Å². The molecule has 0 aromatic carbocycles. The van der Waals surface area contributed by atoms with Gasteiger partial charge in [-0.1, -0.05) is 0 Å². The van der Waals surface area contributed by atoms with E-state index in [0.717, 1.165) is 50.6 Å². The number of carbonyl (C=O) groups excluding carboxylic acids is 1. The van der Waals surface area contributed by atoms with E-state index in [0.29, 0.717) is 68.1 Å². The lowest BCUT2D eigenvalue weighted by molar-refractivity contribution is -0.119. The zero-order valence-electron chi connectivity index (χ0n) is 22.4. The highest BCUT2D eigenvalue weighted by Gasteiger charge is 2.53. The number of hydrogen-bond donors (Lipinski definition) is 2. The summed E-state index contributed by atoms with van der Waals surface area (Å²) in [5.41, 5.74) is 13.1. The van der Waals surface area contributed by atoms with Crippen molar-refractivity contribution in [1.82, 2.24) is 19.9 Å². The molecule has 2 aromatic rings. The summed E-state index contributed by atoms with van der Waals surface area (Å²) < 4.78 is 20.6. The van der Waals surface area contributed by atoms with Crippen LogP contribution in [-0.4, -0.2) is 82.8 Å². The van der Waals surface area contributed by atoms with Gasteiger partial charge in [0.1, 0.15) is 29.9 Å². The van der Waals surface area contributed by atoms with E-state index in [1.54, 1.807) is 0 Å². The number of piperidine rings is 1. The van der Waals surface area contributed by atoms with E-state index in [1.807, 2.05) is 4.90 Å². The molecule has 0 bridgehead atoms. The molecule has 212 valence electrons. The Morgan fingerprint density at radius 3 is 2.80 bits per heavy atom. The Labute approximate surface area is 236 Å². The summed E-state index contributed by atoms with van der Waals surface area (Å²) in [5.74, 6) is 0.458. The maximum Gasteiger partial charge on any atom is 0.323 e. The minimum absolute atomic E-state index is 0.146. The predicted molar refractivity (Wildman–Crippen MR) is 148 cm³/mol. The number of ether oxygens (including phenoxy) is 1. The van der Waals surface area contributed by atoms with Gasteiger partial charge in [0.05, 0.1) is 11.1 Å². The lowest BCUT2D eigenvalue weighted by Gasteiger charge is -2.48. The molecule has 0 saturated carbocycles. The molecule has 11 nitrogen and oxygen atoms in total. The average Bonchev–Trinajstić information content (AvgIpc) is 3.64. The fraction of sp³-hybridized carbons (Fsp3) is 0.667. The molecule has 7 rings (SSSR count). The molecule has 4 N–H and O–H groups in total. The molecule has 0 radical (unpaired) electrons. The molecule has 3 atom stereocenters. The van der Waals surface area contributed by atoms with Crippen molar-refractivity contribution in [1.29, 1.82) is 5.26 Å². The fourth-order valence-electron chi connectivity index (χ4n) is 7.75. The normalized spacial score (nSPS) is 28.8. The van der Waals surface area contributed by atoms with Gasteiger partial charge in [-0.15, -0.1) is 11.3 Å². The first-order valence-corrected chi connectivity index (χ1v) is 15.0. The van der Waals surface area contributed by atoms with Gasteiger partial charge < -0.3 is 26.0 Å². The molecule has 1 spiro atoms. The molecule has 1 aliphatic carbocycles. The average molecular weight is 568 g/mol. The van der Waals surface area contributed by atoms with Crippen molar-refractivity contribution < 1.29 is 13.9 Å². The maximum atomic E-state index is 14.3. The Bertz CT molecular complexity index is 1390. The Balaban J connectivity index is 1.19. The topological polar surface area (TPSA) is 151 Å². The first-order chi connectivity index (χ1) is 19.3. The van der Waals surface area contributed by atoms with Crippen LogP contribution in [-0.2, 0) is 16.6 Å². The van der Waals surface area contributed by atoms with Crippen molar-refractivity contribution in [3.63, 3.8) is 0 Å². The summed E-state index contributed by atoms with van der Waals surface area (Å²) in [6, 6.07) is 2.01. The van der Waals surface area contributed by atoms with Crippen molar-refractivity contribution >= 4 is 34.1 Å². The molecular formula is C27H34FN9O2S. The number of nitrogen functional groups attached to an aromatic ring is 1. The van der Waals surface area contributed by atoms with Crippen LogP contribution in [0.25, 0.3) is 0 Å². The number of anilines is 3. The van der Waals surface area contributed by atoms with E-state index in [9.17, 15) is 14.4 Å². The highest BCUT2D eigenvalue weighted by molar-refractivity contribution is 7.16. The van der Waals surface area contributed by atoms with E-state index in [2.05, 4.69) is 20.9 Å². The number of aryl methyl sites for hydroxylation is 1. The number of aromatic nitrogens is 3. The number of halogens is 1. The second kappa shape index (κ2) is 9.41. The molecule has 1 amide bonds. The van der Waals surface area contributed by atoms with E-state index in [1.165, 1.54) is 16.2 Å². The standard InChI is InChI=1S/C27H34FN9O2S/c28-16-10-27(6-3-8-36(27)12-16)15-39-25-33-23(32-24(34-25)37-9-2-1-4-18(37)21(30)38)35-13-26(14-35)7-5-19-20(26)17(11-29)22(31)40-19/h16,18H,1-10,12-15,31H2,(H2,30,38)/t16-,18?,27+/m1/s1. The zero-order valence-corrected chi connectivity index (χ0v) is 23.3. The molecule has 40 heavy (non-hydrogen) atoms. The van der Waals surface area contributed by atoms with Crippen LogP contribution in [0.15, 0.2) is 0 Å². The van der Waals surface area contributed by atoms with Crippen LogP contribution >= 0.6 is 11.3 Å². The third-order valence-electron chi connectivity index (χ3n) is 9.66. The summed E-state index contributed by atoms with van der Waals surface area (Å²) in [4.78, 5) is 33.8. The molecule has 4 saturated heterocycles. The van der Waals surface area contributed by atoms with Crippen LogP contribution in [0.4, 0.5) is 21.3 Å². The second-order valence-electron chi connectivity index (χ2n) is 12.1. The van der Waals surface area contributed by atoms with Gasteiger partial charge in [-0.3, -0.25) is 9.69 Å². The second-order valence-corrected chi connectivity index (χ2v) is 13.2. The van der Waals surface area contributed by atoms with Gasteiger partial charge in [0.15, 0.2) is 0 Å². The van der Waals surface area contributed by atoms with Crippen molar-refractivity contribution in [3.05, 3.63) is 16.0 Å². The SMILES string of the molecule is N#Cc1c(N)sc2c1C1(CC2)CN(c2nc(OC[C@@]34CCCN3C[C@H](F)C4)nc(N3CCCCC3C(N)=O)n2)C1. The van der Waals surface area contributed by atoms with E-state index < -0.39 is 18.1 Å². The first-order valence-electron chi connectivity index (χ1n) is 14.2.